The van der Waals surface area contributed by atoms with Crippen LogP contribution in [-0.2, 0) is 0 Å². The largest absolute Gasteiger partial charge is 0.207 e. The van der Waals surface area contributed by atoms with Crippen LogP contribution in [0.1, 0.15) is 11.1 Å². The first-order valence-electron chi connectivity index (χ1n) is 9.58. The predicted molar refractivity (Wildman–Crippen MR) is 119 cm³/mol. The molecule has 0 saturated carbocycles. The molecule has 0 atom stereocenters. The van der Waals surface area contributed by atoms with Gasteiger partial charge in [-0.2, -0.15) is 0 Å². The Morgan fingerprint density at radius 2 is 1.10 bits per heavy atom. The van der Waals surface area contributed by atoms with Crippen LogP contribution in [0.25, 0.3) is 32.7 Å². The Morgan fingerprint density at radius 1 is 0.517 bits per heavy atom. The molecule has 5 aromatic carbocycles. The highest BCUT2D eigenvalue weighted by molar-refractivity contribution is 6.16. The molecule has 5 rings (SSSR count). The van der Waals surface area contributed by atoms with Crippen molar-refractivity contribution in [3.63, 3.8) is 0 Å². The SMILES string of the molecule is Fc1cccc(C#Cc2c3ccccc3c(-c3ccccc3)c3ccccc23)c1. The summed E-state index contributed by atoms with van der Waals surface area (Å²) in [7, 11) is 0. The van der Waals surface area contributed by atoms with Crippen LogP contribution in [0, 0.1) is 17.7 Å². The van der Waals surface area contributed by atoms with Gasteiger partial charge in [0.2, 0.25) is 0 Å². The Hall–Kier alpha value is -3.89. The monoisotopic (exact) mass is 372 g/mol. The third-order valence-electron chi connectivity index (χ3n) is 5.15. The smallest absolute Gasteiger partial charge is 0.124 e. The van der Waals surface area contributed by atoms with Gasteiger partial charge in [0.25, 0.3) is 0 Å². The molecular formula is C28H17F. The van der Waals surface area contributed by atoms with Gasteiger partial charge in [-0.3, -0.25) is 0 Å². The molecule has 0 unspecified atom stereocenters. The third kappa shape index (κ3) is 3.16. The second-order valence-corrected chi connectivity index (χ2v) is 6.97. The van der Waals surface area contributed by atoms with Crippen molar-refractivity contribution in [1.82, 2.24) is 0 Å². The fourth-order valence-corrected chi connectivity index (χ4v) is 3.88. The van der Waals surface area contributed by atoms with Crippen molar-refractivity contribution >= 4 is 21.5 Å². The van der Waals surface area contributed by atoms with E-state index in [1.807, 2.05) is 24.3 Å². The molecule has 0 aliphatic heterocycles. The first-order chi connectivity index (χ1) is 14.3. The summed E-state index contributed by atoms with van der Waals surface area (Å²) in [6.07, 6.45) is 0. The Labute approximate surface area is 169 Å². The van der Waals surface area contributed by atoms with Gasteiger partial charge in [0.05, 0.1) is 0 Å². The Kier molecular flexibility index (Phi) is 4.31. The van der Waals surface area contributed by atoms with Gasteiger partial charge in [-0.15, -0.1) is 0 Å². The maximum atomic E-state index is 13.6. The molecule has 1 heteroatoms. The molecule has 0 amide bonds. The fourth-order valence-electron chi connectivity index (χ4n) is 3.88. The molecule has 0 N–H and O–H groups in total. The minimum Gasteiger partial charge on any atom is -0.207 e. The van der Waals surface area contributed by atoms with Gasteiger partial charge in [-0.25, -0.2) is 4.39 Å². The molecule has 0 bridgehead atoms. The van der Waals surface area contributed by atoms with Crippen molar-refractivity contribution in [2.24, 2.45) is 0 Å². The van der Waals surface area contributed by atoms with Crippen molar-refractivity contribution in [3.05, 3.63) is 120 Å². The Balaban J connectivity index is 1.87. The molecule has 0 radical (unpaired) electrons. The summed E-state index contributed by atoms with van der Waals surface area (Å²) in [5.41, 5.74) is 4.04. The Bertz CT molecular complexity index is 1350. The number of hydrogen-bond acceptors (Lipinski definition) is 0. The van der Waals surface area contributed by atoms with E-state index in [1.54, 1.807) is 6.07 Å². The normalized spacial score (nSPS) is 10.7. The van der Waals surface area contributed by atoms with Gasteiger partial charge in [0.1, 0.15) is 5.82 Å². The van der Waals surface area contributed by atoms with Crippen molar-refractivity contribution < 1.29 is 4.39 Å². The topological polar surface area (TPSA) is 0 Å². The lowest BCUT2D eigenvalue weighted by molar-refractivity contribution is 0.627. The highest BCUT2D eigenvalue weighted by Crippen LogP contribution is 2.38. The molecule has 0 fully saturated rings. The highest BCUT2D eigenvalue weighted by Gasteiger charge is 2.13. The molecule has 0 heterocycles. The number of rotatable bonds is 1. The molecule has 0 aliphatic carbocycles. The maximum absolute atomic E-state index is 13.6. The average molecular weight is 372 g/mol. The van der Waals surface area contributed by atoms with Crippen LogP contribution in [0.4, 0.5) is 4.39 Å². The highest BCUT2D eigenvalue weighted by atomic mass is 19.1. The quantitative estimate of drug-likeness (QED) is 0.216. The van der Waals surface area contributed by atoms with Crippen LogP contribution >= 0.6 is 0 Å². The lowest BCUT2D eigenvalue weighted by Crippen LogP contribution is -1.90. The minimum absolute atomic E-state index is 0.272. The third-order valence-corrected chi connectivity index (χ3v) is 5.15. The van der Waals surface area contributed by atoms with E-state index in [-0.39, 0.29) is 5.82 Å². The van der Waals surface area contributed by atoms with E-state index in [0.717, 1.165) is 16.3 Å². The van der Waals surface area contributed by atoms with E-state index in [4.69, 9.17) is 0 Å². The van der Waals surface area contributed by atoms with Crippen LogP contribution in [0.5, 0.6) is 0 Å². The van der Waals surface area contributed by atoms with Crippen LogP contribution < -0.4 is 0 Å². The summed E-state index contributed by atoms with van der Waals surface area (Å²) < 4.78 is 13.6. The van der Waals surface area contributed by atoms with E-state index in [1.165, 1.54) is 34.0 Å². The zero-order chi connectivity index (χ0) is 19.6. The van der Waals surface area contributed by atoms with E-state index >= 15 is 0 Å². The summed E-state index contributed by atoms with van der Waals surface area (Å²) in [6.45, 7) is 0. The summed E-state index contributed by atoms with van der Waals surface area (Å²) in [6, 6.07) is 33.6. The molecule has 0 saturated heterocycles. The maximum Gasteiger partial charge on any atom is 0.124 e. The van der Waals surface area contributed by atoms with Gasteiger partial charge in [0.15, 0.2) is 0 Å². The van der Waals surface area contributed by atoms with Gasteiger partial charge in [-0.1, -0.05) is 96.8 Å². The van der Waals surface area contributed by atoms with Crippen LogP contribution in [0.3, 0.4) is 0 Å². The zero-order valence-corrected chi connectivity index (χ0v) is 15.7. The molecule has 5 aromatic rings. The van der Waals surface area contributed by atoms with Gasteiger partial charge < -0.3 is 0 Å². The number of fused-ring (bicyclic) bond motifs is 2. The van der Waals surface area contributed by atoms with E-state index in [2.05, 4.69) is 72.5 Å². The Morgan fingerprint density at radius 3 is 1.72 bits per heavy atom. The number of benzene rings is 5. The van der Waals surface area contributed by atoms with Crippen LogP contribution in [-0.4, -0.2) is 0 Å². The number of hydrogen-bond donors (Lipinski definition) is 0. The second-order valence-electron chi connectivity index (χ2n) is 6.97. The van der Waals surface area contributed by atoms with E-state index in [0.29, 0.717) is 5.56 Å². The summed E-state index contributed by atoms with van der Waals surface area (Å²) >= 11 is 0. The van der Waals surface area contributed by atoms with Gasteiger partial charge in [0, 0.05) is 11.1 Å². The van der Waals surface area contributed by atoms with Gasteiger partial charge >= 0.3 is 0 Å². The zero-order valence-electron chi connectivity index (χ0n) is 15.7. The standard InChI is InChI=1S/C28H17F/c29-22-12-8-9-20(19-22)17-18-25-23-13-4-6-15-26(23)28(21-10-2-1-3-11-21)27-16-7-5-14-24(25)27/h1-16,19H. The van der Waals surface area contributed by atoms with E-state index < -0.39 is 0 Å². The molecular weight excluding hydrogens is 355 g/mol. The van der Waals surface area contributed by atoms with Crippen LogP contribution in [0.15, 0.2) is 103 Å². The summed E-state index contributed by atoms with van der Waals surface area (Å²) in [5, 5.41) is 4.55. The lowest BCUT2D eigenvalue weighted by atomic mass is 9.88. The van der Waals surface area contributed by atoms with Crippen molar-refractivity contribution in [3.8, 4) is 23.0 Å². The first kappa shape index (κ1) is 17.2. The lowest BCUT2D eigenvalue weighted by Gasteiger charge is -2.14. The molecule has 0 spiro atoms. The van der Waals surface area contributed by atoms with E-state index in [9.17, 15) is 4.39 Å². The second kappa shape index (κ2) is 7.26. The molecule has 136 valence electrons. The van der Waals surface area contributed by atoms with Crippen molar-refractivity contribution in [2.75, 3.05) is 0 Å². The average Bonchev–Trinajstić information content (AvgIpc) is 2.77. The van der Waals surface area contributed by atoms with Crippen molar-refractivity contribution in [1.29, 1.82) is 0 Å². The molecule has 0 aliphatic rings. The summed E-state index contributed by atoms with van der Waals surface area (Å²) in [5.74, 6) is 6.22. The first-order valence-corrected chi connectivity index (χ1v) is 9.58. The minimum atomic E-state index is -0.272. The molecule has 0 nitrogen and oxygen atoms in total. The van der Waals surface area contributed by atoms with Crippen LogP contribution in [0.2, 0.25) is 0 Å². The summed E-state index contributed by atoms with van der Waals surface area (Å²) in [4.78, 5) is 0. The van der Waals surface area contributed by atoms with Crippen molar-refractivity contribution in [2.45, 2.75) is 0 Å². The van der Waals surface area contributed by atoms with Gasteiger partial charge in [-0.05, 0) is 50.9 Å². The predicted octanol–water partition coefficient (Wildman–Crippen LogP) is 7.20. The number of halogens is 1. The fraction of sp³-hybridized carbons (Fsp3) is 0. The molecule has 0 aromatic heterocycles. The molecule has 29 heavy (non-hydrogen) atoms.